The molecule has 0 amide bonds. The molecule has 15 heavy (non-hydrogen) atoms. The van der Waals surface area contributed by atoms with Crippen molar-refractivity contribution in [1.82, 2.24) is 4.98 Å². The van der Waals surface area contributed by atoms with E-state index in [1.165, 1.54) is 0 Å². The van der Waals surface area contributed by atoms with Crippen LogP contribution in [0.2, 0.25) is 0 Å². The van der Waals surface area contributed by atoms with Crippen molar-refractivity contribution >= 4 is 5.82 Å². The second kappa shape index (κ2) is 4.94. The number of aliphatic hydroxyl groups excluding tert-OH is 1. The van der Waals surface area contributed by atoms with Crippen molar-refractivity contribution in [1.29, 1.82) is 0 Å². The summed E-state index contributed by atoms with van der Waals surface area (Å²) >= 11 is 0. The quantitative estimate of drug-likeness (QED) is 0.767. The van der Waals surface area contributed by atoms with Crippen molar-refractivity contribution in [3.63, 3.8) is 0 Å². The van der Waals surface area contributed by atoms with Gasteiger partial charge in [-0.15, -0.1) is 0 Å². The molecule has 1 N–H and O–H groups in total. The van der Waals surface area contributed by atoms with Gasteiger partial charge in [-0.1, -0.05) is 18.2 Å². The van der Waals surface area contributed by atoms with E-state index in [1.54, 1.807) is 13.1 Å². The molecule has 0 aliphatic heterocycles. The summed E-state index contributed by atoms with van der Waals surface area (Å²) in [6.07, 6.45) is 1.23. The van der Waals surface area contributed by atoms with Crippen molar-refractivity contribution in [2.45, 2.75) is 20.0 Å². The van der Waals surface area contributed by atoms with Gasteiger partial charge in [0.1, 0.15) is 5.82 Å². The molecule has 1 atom stereocenters. The first-order valence-electron chi connectivity index (χ1n) is 5.01. The molecule has 1 aromatic rings. The summed E-state index contributed by atoms with van der Waals surface area (Å²) in [5, 5.41) is 9.60. The number of aliphatic hydroxyl groups is 1. The molecular weight excluding hydrogens is 188 g/mol. The van der Waals surface area contributed by atoms with Gasteiger partial charge in [0.15, 0.2) is 0 Å². The topological polar surface area (TPSA) is 36.4 Å². The third-order valence-electron chi connectivity index (χ3n) is 2.14. The summed E-state index contributed by atoms with van der Waals surface area (Å²) in [7, 11) is 1.95. The molecule has 3 nitrogen and oxygen atoms in total. The fraction of sp³-hybridized carbons (Fsp3) is 0.417. The maximum absolute atomic E-state index is 9.60. The first kappa shape index (κ1) is 11.7. The van der Waals surface area contributed by atoms with E-state index in [-0.39, 0.29) is 0 Å². The maximum atomic E-state index is 9.60. The minimum atomic E-state index is -0.499. The molecule has 1 heterocycles. The molecule has 0 saturated carbocycles. The summed E-state index contributed by atoms with van der Waals surface area (Å²) in [6.45, 7) is 8.33. The fourth-order valence-corrected chi connectivity index (χ4v) is 1.53. The van der Waals surface area contributed by atoms with Crippen LogP contribution in [0.3, 0.4) is 0 Å². The van der Waals surface area contributed by atoms with Crippen LogP contribution in [0.15, 0.2) is 30.5 Å². The van der Waals surface area contributed by atoms with Crippen LogP contribution in [0.25, 0.3) is 0 Å². The minimum Gasteiger partial charge on any atom is -0.389 e. The lowest BCUT2D eigenvalue weighted by atomic mass is 10.1. The maximum Gasteiger partial charge on any atom is 0.134 e. The molecule has 0 saturated heterocycles. The first-order valence-corrected chi connectivity index (χ1v) is 5.01. The highest BCUT2D eigenvalue weighted by Gasteiger charge is 2.11. The molecule has 1 rings (SSSR count). The Morgan fingerprint density at radius 1 is 1.67 bits per heavy atom. The molecule has 3 heteroatoms. The van der Waals surface area contributed by atoms with Gasteiger partial charge in [0.05, 0.1) is 6.10 Å². The summed E-state index contributed by atoms with van der Waals surface area (Å²) in [4.78, 5) is 6.27. The highest BCUT2D eigenvalue weighted by atomic mass is 16.3. The van der Waals surface area contributed by atoms with Crippen molar-refractivity contribution in [2.75, 3.05) is 18.5 Å². The molecule has 0 unspecified atom stereocenters. The van der Waals surface area contributed by atoms with Gasteiger partial charge in [-0.3, -0.25) is 0 Å². The van der Waals surface area contributed by atoms with Crippen molar-refractivity contribution in [2.24, 2.45) is 0 Å². The number of anilines is 1. The van der Waals surface area contributed by atoms with Crippen molar-refractivity contribution in [3.8, 4) is 0 Å². The van der Waals surface area contributed by atoms with Crippen molar-refractivity contribution in [3.05, 3.63) is 36.0 Å². The SMILES string of the molecule is C=C(C)CN(C)c1ncccc1[C@H](C)O. The Labute approximate surface area is 91.1 Å². The lowest BCUT2D eigenvalue weighted by molar-refractivity contribution is 0.199. The Kier molecular flexibility index (Phi) is 3.86. The lowest BCUT2D eigenvalue weighted by Crippen LogP contribution is -2.22. The Bertz CT molecular complexity index is 347. The summed E-state index contributed by atoms with van der Waals surface area (Å²) < 4.78 is 0. The molecule has 82 valence electrons. The van der Waals surface area contributed by atoms with Crippen LogP contribution in [-0.4, -0.2) is 23.7 Å². The third kappa shape index (κ3) is 3.06. The molecule has 0 aromatic carbocycles. The molecule has 0 bridgehead atoms. The Morgan fingerprint density at radius 3 is 2.87 bits per heavy atom. The number of pyridine rings is 1. The van der Waals surface area contributed by atoms with E-state index in [2.05, 4.69) is 11.6 Å². The Hall–Kier alpha value is -1.35. The predicted octanol–water partition coefficient (Wildman–Crippen LogP) is 2.15. The molecule has 0 spiro atoms. The monoisotopic (exact) mass is 206 g/mol. The van der Waals surface area contributed by atoms with E-state index in [9.17, 15) is 5.11 Å². The van der Waals surface area contributed by atoms with Crippen LogP contribution in [0, 0.1) is 0 Å². The van der Waals surface area contributed by atoms with Crippen LogP contribution in [-0.2, 0) is 0 Å². The summed E-state index contributed by atoms with van der Waals surface area (Å²) in [6, 6.07) is 3.72. The zero-order chi connectivity index (χ0) is 11.4. The Morgan fingerprint density at radius 2 is 2.33 bits per heavy atom. The third-order valence-corrected chi connectivity index (χ3v) is 2.14. The molecule has 0 radical (unpaired) electrons. The highest BCUT2D eigenvalue weighted by Crippen LogP contribution is 2.22. The average Bonchev–Trinajstić information content (AvgIpc) is 2.16. The number of hydrogen-bond donors (Lipinski definition) is 1. The van der Waals surface area contributed by atoms with Gasteiger partial charge in [-0.25, -0.2) is 4.98 Å². The molecule has 0 aliphatic carbocycles. The van der Waals surface area contributed by atoms with Gasteiger partial charge >= 0.3 is 0 Å². The van der Waals surface area contributed by atoms with E-state index < -0.39 is 6.10 Å². The first-order chi connectivity index (χ1) is 7.02. The van der Waals surface area contributed by atoms with E-state index in [1.807, 2.05) is 31.0 Å². The van der Waals surface area contributed by atoms with Gasteiger partial charge in [0.25, 0.3) is 0 Å². The second-order valence-corrected chi connectivity index (χ2v) is 3.91. The van der Waals surface area contributed by atoms with Gasteiger partial charge in [0, 0.05) is 25.4 Å². The standard InChI is InChI=1S/C12H18N2O/c1-9(2)8-14(4)12-11(10(3)15)6-5-7-13-12/h5-7,10,15H,1,8H2,2-4H3/t10-/m0/s1. The molecule has 0 aliphatic rings. The van der Waals surface area contributed by atoms with Crippen LogP contribution in [0.1, 0.15) is 25.5 Å². The largest absolute Gasteiger partial charge is 0.389 e. The van der Waals surface area contributed by atoms with Crippen LogP contribution < -0.4 is 4.90 Å². The highest BCUT2D eigenvalue weighted by molar-refractivity contribution is 5.47. The average molecular weight is 206 g/mol. The second-order valence-electron chi connectivity index (χ2n) is 3.91. The van der Waals surface area contributed by atoms with Gasteiger partial charge in [0.2, 0.25) is 0 Å². The molecule has 0 fully saturated rings. The zero-order valence-electron chi connectivity index (χ0n) is 9.57. The zero-order valence-corrected chi connectivity index (χ0v) is 9.57. The predicted molar refractivity (Wildman–Crippen MR) is 63.0 cm³/mol. The van der Waals surface area contributed by atoms with E-state index >= 15 is 0 Å². The minimum absolute atomic E-state index is 0.499. The van der Waals surface area contributed by atoms with Gasteiger partial charge in [-0.2, -0.15) is 0 Å². The van der Waals surface area contributed by atoms with Gasteiger partial charge in [-0.05, 0) is 19.9 Å². The van der Waals surface area contributed by atoms with Crippen LogP contribution >= 0.6 is 0 Å². The van der Waals surface area contributed by atoms with Crippen molar-refractivity contribution < 1.29 is 5.11 Å². The van der Waals surface area contributed by atoms with Crippen LogP contribution in [0.5, 0.6) is 0 Å². The number of aromatic nitrogens is 1. The lowest BCUT2D eigenvalue weighted by Gasteiger charge is -2.22. The van der Waals surface area contributed by atoms with Gasteiger partial charge < -0.3 is 10.0 Å². The Balaban J connectivity index is 2.97. The number of likely N-dealkylation sites (N-methyl/N-ethyl adjacent to an activating group) is 1. The smallest absolute Gasteiger partial charge is 0.134 e. The van der Waals surface area contributed by atoms with E-state index in [0.717, 1.165) is 23.5 Å². The molecular formula is C12H18N2O. The number of nitrogens with zero attached hydrogens (tertiary/aromatic N) is 2. The van der Waals surface area contributed by atoms with Crippen LogP contribution in [0.4, 0.5) is 5.82 Å². The van der Waals surface area contributed by atoms with E-state index in [0.29, 0.717) is 0 Å². The molecule has 1 aromatic heterocycles. The van der Waals surface area contributed by atoms with E-state index in [4.69, 9.17) is 0 Å². The number of hydrogen-bond acceptors (Lipinski definition) is 3. The fourth-order valence-electron chi connectivity index (χ4n) is 1.53. The normalized spacial score (nSPS) is 12.3. The summed E-state index contributed by atoms with van der Waals surface area (Å²) in [5.41, 5.74) is 1.92. The number of rotatable bonds is 4. The summed E-state index contributed by atoms with van der Waals surface area (Å²) in [5.74, 6) is 0.815.